The van der Waals surface area contributed by atoms with Crippen molar-refractivity contribution < 1.29 is 0 Å². The normalized spacial score (nSPS) is 24.6. The van der Waals surface area contributed by atoms with Gasteiger partial charge in [0.1, 0.15) is 0 Å². The first-order chi connectivity index (χ1) is 8.31. The van der Waals surface area contributed by atoms with Crippen molar-refractivity contribution in [3.05, 3.63) is 35.4 Å². The van der Waals surface area contributed by atoms with E-state index in [-0.39, 0.29) is 12.4 Å². The van der Waals surface area contributed by atoms with Crippen molar-refractivity contribution in [1.82, 2.24) is 4.90 Å². The minimum Gasteiger partial charge on any atom is -0.327 e. The van der Waals surface area contributed by atoms with Gasteiger partial charge in [-0.1, -0.05) is 24.3 Å². The van der Waals surface area contributed by atoms with Gasteiger partial charge in [-0.2, -0.15) is 0 Å². The number of hydrogen-bond acceptors (Lipinski definition) is 2. The highest BCUT2D eigenvalue weighted by molar-refractivity contribution is 5.85. The van der Waals surface area contributed by atoms with Crippen molar-refractivity contribution in [2.24, 2.45) is 5.73 Å². The van der Waals surface area contributed by atoms with Gasteiger partial charge in [0, 0.05) is 19.1 Å². The lowest BCUT2D eigenvalue weighted by atomic mass is 10.0. The lowest BCUT2D eigenvalue weighted by Gasteiger charge is -2.30. The van der Waals surface area contributed by atoms with E-state index in [1.54, 1.807) is 0 Å². The summed E-state index contributed by atoms with van der Waals surface area (Å²) in [6, 6.07) is 9.62. The standard InChI is InChI=1S/C15H22N2.ClH/c16-15-2-1-9-17(11-15)10-12-3-5-13(6-4-12)14-7-8-14;/h3-6,14-15H,1-2,7-11,16H2;1H. The minimum atomic E-state index is 0. The first-order valence-corrected chi connectivity index (χ1v) is 6.88. The Bertz CT molecular complexity index is 373. The molecule has 0 aromatic heterocycles. The number of nitrogens with two attached hydrogens (primary N) is 1. The molecule has 1 unspecified atom stereocenters. The van der Waals surface area contributed by atoms with Crippen molar-refractivity contribution >= 4 is 12.4 Å². The molecule has 0 spiro atoms. The molecule has 2 fully saturated rings. The van der Waals surface area contributed by atoms with Crippen LogP contribution in [0.3, 0.4) is 0 Å². The van der Waals surface area contributed by atoms with Gasteiger partial charge >= 0.3 is 0 Å². The summed E-state index contributed by atoms with van der Waals surface area (Å²) in [5.41, 5.74) is 8.97. The van der Waals surface area contributed by atoms with E-state index in [0.717, 1.165) is 19.0 Å². The second-order valence-electron chi connectivity index (χ2n) is 5.65. The molecule has 2 nitrogen and oxygen atoms in total. The van der Waals surface area contributed by atoms with Gasteiger partial charge in [0.15, 0.2) is 0 Å². The van der Waals surface area contributed by atoms with Crippen molar-refractivity contribution in [1.29, 1.82) is 0 Å². The number of hydrogen-bond donors (Lipinski definition) is 1. The van der Waals surface area contributed by atoms with E-state index < -0.39 is 0 Å². The molecule has 0 radical (unpaired) electrons. The van der Waals surface area contributed by atoms with Gasteiger partial charge in [0.25, 0.3) is 0 Å². The molecule has 0 bridgehead atoms. The Kier molecular flexibility index (Phi) is 4.66. The van der Waals surface area contributed by atoms with Crippen LogP contribution in [-0.4, -0.2) is 24.0 Å². The van der Waals surface area contributed by atoms with E-state index in [1.807, 2.05) is 0 Å². The maximum atomic E-state index is 6.01. The van der Waals surface area contributed by atoms with Gasteiger partial charge in [0.2, 0.25) is 0 Å². The summed E-state index contributed by atoms with van der Waals surface area (Å²) in [7, 11) is 0. The molecule has 1 aromatic carbocycles. The molecule has 0 amide bonds. The summed E-state index contributed by atoms with van der Waals surface area (Å²) in [6.45, 7) is 3.33. The zero-order valence-corrected chi connectivity index (χ0v) is 11.7. The average molecular weight is 267 g/mol. The van der Waals surface area contributed by atoms with Crippen LogP contribution >= 0.6 is 12.4 Å². The Hall–Kier alpha value is -0.570. The highest BCUT2D eigenvalue weighted by Gasteiger charge is 2.23. The summed E-state index contributed by atoms with van der Waals surface area (Å²) in [5.74, 6) is 0.868. The Labute approximate surface area is 116 Å². The second-order valence-corrected chi connectivity index (χ2v) is 5.65. The van der Waals surface area contributed by atoms with Gasteiger partial charge in [-0.05, 0) is 49.3 Å². The van der Waals surface area contributed by atoms with E-state index >= 15 is 0 Å². The number of halogens is 1. The van der Waals surface area contributed by atoms with Crippen LogP contribution in [0.4, 0.5) is 0 Å². The molecule has 18 heavy (non-hydrogen) atoms. The molecule has 1 atom stereocenters. The van der Waals surface area contributed by atoms with Crippen LogP contribution in [0.1, 0.15) is 42.7 Å². The number of benzene rings is 1. The summed E-state index contributed by atoms with van der Waals surface area (Å²) in [5, 5.41) is 0. The zero-order valence-electron chi connectivity index (χ0n) is 10.8. The highest BCUT2D eigenvalue weighted by atomic mass is 35.5. The first-order valence-electron chi connectivity index (χ1n) is 6.88. The largest absolute Gasteiger partial charge is 0.327 e. The molecule has 1 aliphatic heterocycles. The van der Waals surface area contributed by atoms with Crippen molar-refractivity contribution in [3.63, 3.8) is 0 Å². The van der Waals surface area contributed by atoms with Crippen LogP contribution in [0.5, 0.6) is 0 Å². The molecule has 1 saturated heterocycles. The van der Waals surface area contributed by atoms with Crippen LogP contribution < -0.4 is 5.73 Å². The summed E-state index contributed by atoms with van der Waals surface area (Å²) < 4.78 is 0. The quantitative estimate of drug-likeness (QED) is 0.912. The summed E-state index contributed by atoms with van der Waals surface area (Å²) in [4.78, 5) is 2.49. The topological polar surface area (TPSA) is 29.3 Å². The van der Waals surface area contributed by atoms with Crippen LogP contribution in [-0.2, 0) is 6.54 Å². The third kappa shape index (κ3) is 3.47. The van der Waals surface area contributed by atoms with Crippen LogP contribution in [0.15, 0.2) is 24.3 Å². The molecule has 1 aliphatic carbocycles. The van der Waals surface area contributed by atoms with Crippen LogP contribution in [0, 0.1) is 0 Å². The van der Waals surface area contributed by atoms with Gasteiger partial charge in [0.05, 0.1) is 0 Å². The summed E-state index contributed by atoms with van der Waals surface area (Å²) >= 11 is 0. The van der Waals surface area contributed by atoms with Crippen LogP contribution in [0.25, 0.3) is 0 Å². The maximum absolute atomic E-state index is 6.01. The molecule has 1 saturated carbocycles. The van der Waals surface area contributed by atoms with Crippen molar-refractivity contribution in [2.75, 3.05) is 13.1 Å². The third-order valence-corrected chi connectivity index (χ3v) is 3.98. The van der Waals surface area contributed by atoms with Gasteiger partial charge < -0.3 is 5.73 Å². The van der Waals surface area contributed by atoms with E-state index in [1.165, 1.54) is 43.4 Å². The Morgan fingerprint density at radius 1 is 1.11 bits per heavy atom. The monoisotopic (exact) mass is 266 g/mol. The molecule has 3 rings (SSSR count). The fraction of sp³-hybridized carbons (Fsp3) is 0.600. The number of rotatable bonds is 3. The molecular formula is C15H23ClN2. The average Bonchev–Trinajstić information content (AvgIpc) is 3.14. The first kappa shape index (κ1) is 13.9. The van der Waals surface area contributed by atoms with E-state index in [2.05, 4.69) is 29.2 Å². The van der Waals surface area contributed by atoms with E-state index in [9.17, 15) is 0 Å². The molecular weight excluding hydrogens is 244 g/mol. The number of likely N-dealkylation sites (tertiary alicyclic amines) is 1. The third-order valence-electron chi connectivity index (χ3n) is 3.98. The fourth-order valence-electron chi connectivity index (χ4n) is 2.80. The summed E-state index contributed by atoms with van der Waals surface area (Å²) in [6.07, 6.45) is 5.22. The van der Waals surface area contributed by atoms with Crippen molar-refractivity contribution in [3.8, 4) is 0 Å². The Balaban J connectivity index is 0.00000120. The second kappa shape index (κ2) is 6.05. The van der Waals surface area contributed by atoms with Gasteiger partial charge in [-0.15, -0.1) is 12.4 Å². The molecule has 3 heteroatoms. The zero-order chi connectivity index (χ0) is 11.7. The molecule has 2 N–H and O–H groups in total. The molecule has 1 aromatic rings. The van der Waals surface area contributed by atoms with Gasteiger partial charge in [-0.25, -0.2) is 0 Å². The molecule has 1 heterocycles. The van der Waals surface area contributed by atoms with E-state index in [4.69, 9.17) is 5.73 Å². The molecule has 2 aliphatic rings. The lowest BCUT2D eigenvalue weighted by Crippen LogP contribution is -2.42. The number of piperidine rings is 1. The smallest absolute Gasteiger partial charge is 0.0234 e. The lowest BCUT2D eigenvalue weighted by molar-refractivity contribution is 0.201. The predicted molar refractivity (Wildman–Crippen MR) is 78.2 cm³/mol. The van der Waals surface area contributed by atoms with Crippen molar-refractivity contribution in [2.45, 2.75) is 44.2 Å². The SMILES string of the molecule is Cl.NC1CCCN(Cc2ccc(C3CC3)cc2)C1. The van der Waals surface area contributed by atoms with Crippen LogP contribution in [0.2, 0.25) is 0 Å². The Morgan fingerprint density at radius 2 is 1.83 bits per heavy atom. The fourth-order valence-corrected chi connectivity index (χ4v) is 2.80. The number of nitrogens with zero attached hydrogens (tertiary/aromatic N) is 1. The molecule has 100 valence electrons. The Morgan fingerprint density at radius 3 is 2.44 bits per heavy atom. The maximum Gasteiger partial charge on any atom is 0.0234 e. The minimum absolute atomic E-state index is 0. The highest BCUT2D eigenvalue weighted by Crippen LogP contribution is 2.39. The van der Waals surface area contributed by atoms with E-state index in [0.29, 0.717) is 6.04 Å². The predicted octanol–water partition coefficient (Wildman–Crippen LogP) is 2.91. The van der Waals surface area contributed by atoms with Gasteiger partial charge in [-0.3, -0.25) is 4.90 Å².